The lowest BCUT2D eigenvalue weighted by Gasteiger charge is -1.98. The van der Waals surface area contributed by atoms with E-state index in [1.165, 1.54) is 5.56 Å². The summed E-state index contributed by atoms with van der Waals surface area (Å²) in [5, 5.41) is 0. The van der Waals surface area contributed by atoms with Gasteiger partial charge < -0.3 is 0 Å². The predicted octanol–water partition coefficient (Wildman–Crippen LogP) is 2.40. The largest absolute Gasteiger partial charge is 0.234 e. The van der Waals surface area contributed by atoms with E-state index in [0.717, 1.165) is 18.4 Å². The number of allylic oxidation sites excluding steroid dienone is 1. The average molecular weight is 160 g/mol. The second-order valence-corrected chi connectivity index (χ2v) is 2.72. The maximum Gasteiger partial charge on any atom is 0.123 e. The smallest absolute Gasteiger partial charge is 0.123 e. The molecule has 1 aromatic carbocycles. The van der Waals surface area contributed by atoms with Gasteiger partial charge in [0.05, 0.1) is 0 Å². The van der Waals surface area contributed by atoms with Gasteiger partial charge in [-0.25, -0.2) is 4.79 Å². The molecule has 1 rings (SSSR count). The molecule has 1 nitrogen and oxygen atoms in total. The summed E-state index contributed by atoms with van der Waals surface area (Å²) in [5.74, 6) is 1.97. The van der Waals surface area contributed by atoms with Gasteiger partial charge in [0.2, 0.25) is 0 Å². The van der Waals surface area contributed by atoms with Crippen LogP contribution in [0.4, 0.5) is 0 Å². The predicted molar refractivity (Wildman–Crippen MR) is 49.6 cm³/mol. The Morgan fingerprint density at radius 1 is 1.33 bits per heavy atom. The molecule has 1 aromatic rings. The van der Waals surface area contributed by atoms with E-state index in [1.54, 1.807) is 0 Å². The van der Waals surface area contributed by atoms with Crippen LogP contribution in [0.2, 0.25) is 0 Å². The molecular weight excluding hydrogens is 148 g/mol. The highest BCUT2D eigenvalue weighted by Gasteiger charge is 1.96. The van der Waals surface area contributed by atoms with Crippen LogP contribution in [0, 0.1) is 0 Å². The maximum absolute atomic E-state index is 10.4. The van der Waals surface area contributed by atoms with Gasteiger partial charge in [0.25, 0.3) is 0 Å². The number of carbonyl (C=O) groups excluding carboxylic acids is 1. The second kappa shape index (κ2) is 4.53. The monoisotopic (exact) mass is 160 g/mol. The van der Waals surface area contributed by atoms with Crippen molar-refractivity contribution >= 4 is 5.94 Å². The minimum Gasteiger partial charge on any atom is -0.234 e. The van der Waals surface area contributed by atoms with E-state index in [-0.39, 0.29) is 0 Å². The van der Waals surface area contributed by atoms with Crippen molar-refractivity contribution in [3.05, 3.63) is 41.5 Å². The van der Waals surface area contributed by atoms with Crippen LogP contribution in [0.3, 0.4) is 0 Å². The van der Waals surface area contributed by atoms with Crippen molar-refractivity contribution in [2.24, 2.45) is 0 Å². The summed E-state index contributed by atoms with van der Waals surface area (Å²) in [6.45, 7) is 1.98. The highest BCUT2D eigenvalue weighted by molar-refractivity contribution is 5.53. The molecule has 0 aromatic heterocycles. The van der Waals surface area contributed by atoms with E-state index in [2.05, 4.69) is 0 Å². The van der Waals surface area contributed by atoms with E-state index in [9.17, 15) is 4.79 Å². The lowest BCUT2D eigenvalue weighted by Crippen LogP contribution is -1.89. The Morgan fingerprint density at radius 3 is 2.50 bits per heavy atom. The Bertz CT molecular complexity index is 281. The molecule has 0 aliphatic carbocycles. The van der Waals surface area contributed by atoms with Crippen LogP contribution in [-0.2, 0) is 11.2 Å². The van der Waals surface area contributed by atoms with Crippen LogP contribution < -0.4 is 0 Å². The van der Waals surface area contributed by atoms with Gasteiger partial charge in [-0.3, -0.25) is 0 Å². The van der Waals surface area contributed by atoms with Gasteiger partial charge in [-0.05, 0) is 12.0 Å². The fourth-order valence-corrected chi connectivity index (χ4v) is 1.08. The third-order valence-electron chi connectivity index (χ3n) is 1.83. The van der Waals surface area contributed by atoms with Gasteiger partial charge in [-0.15, -0.1) is 0 Å². The van der Waals surface area contributed by atoms with E-state index < -0.39 is 0 Å². The molecule has 0 atom stereocenters. The molecule has 0 N–H and O–H groups in total. The molecule has 0 aliphatic heterocycles. The minimum absolute atomic E-state index is 0.737. The molecule has 0 aliphatic rings. The summed E-state index contributed by atoms with van der Waals surface area (Å²) in [6.07, 6.45) is 1.53. The molecule has 62 valence electrons. The quantitative estimate of drug-likeness (QED) is 0.620. The van der Waals surface area contributed by atoms with Crippen LogP contribution in [0.1, 0.15) is 18.9 Å². The zero-order chi connectivity index (χ0) is 8.81. The summed E-state index contributed by atoms with van der Waals surface area (Å²) in [6, 6.07) is 9.97. The minimum atomic E-state index is 0.737. The van der Waals surface area contributed by atoms with Crippen molar-refractivity contribution in [1.29, 1.82) is 0 Å². The molecule has 0 fully saturated rings. The van der Waals surface area contributed by atoms with Crippen LogP contribution in [0.25, 0.3) is 0 Å². The summed E-state index contributed by atoms with van der Waals surface area (Å²) >= 11 is 0. The molecular formula is C11H12O. The lowest BCUT2D eigenvalue weighted by atomic mass is 10.1. The van der Waals surface area contributed by atoms with Crippen LogP contribution >= 0.6 is 0 Å². The number of benzene rings is 1. The van der Waals surface area contributed by atoms with Gasteiger partial charge in [0, 0.05) is 12.0 Å². The first-order valence-electron chi connectivity index (χ1n) is 4.13. The fourth-order valence-electron chi connectivity index (χ4n) is 1.08. The average Bonchev–Trinajstić information content (AvgIpc) is 2.16. The van der Waals surface area contributed by atoms with Crippen molar-refractivity contribution in [2.45, 2.75) is 19.8 Å². The molecule has 0 saturated heterocycles. The zero-order valence-corrected chi connectivity index (χ0v) is 7.21. The highest BCUT2D eigenvalue weighted by atomic mass is 16.1. The normalized spacial score (nSPS) is 9.08. The Kier molecular flexibility index (Phi) is 3.31. The second-order valence-electron chi connectivity index (χ2n) is 2.72. The lowest BCUT2D eigenvalue weighted by molar-refractivity contribution is 0.565. The molecule has 12 heavy (non-hydrogen) atoms. The summed E-state index contributed by atoms with van der Waals surface area (Å²) < 4.78 is 0. The highest BCUT2D eigenvalue weighted by Crippen LogP contribution is 2.07. The molecule has 0 amide bonds. The zero-order valence-electron chi connectivity index (χ0n) is 7.21. The number of hydrogen-bond acceptors (Lipinski definition) is 1. The summed E-state index contributed by atoms with van der Waals surface area (Å²) in [7, 11) is 0. The van der Waals surface area contributed by atoms with Crippen molar-refractivity contribution in [3.8, 4) is 0 Å². The van der Waals surface area contributed by atoms with Gasteiger partial charge >= 0.3 is 0 Å². The van der Waals surface area contributed by atoms with Crippen LogP contribution in [0.15, 0.2) is 35.9 Å². The van der Waals surface area contributed by atoms with Crippen molar-refractivity contribution in [2.75, 3.05) is 0 Å². The maximum atomic E-state index is 10.4. The first-order valence-corrected chi connectivity index (χ1v) is 4.13. The number of hydrogen-bond donors (Lipinski definition) is 0. The van der Waals surface area contributed by atoms with E-state index in [0.29, 0.717) is 0 Å². The van der Waals surface area contributed by atoms with Crippen molar-refractivity contribution in [1.82, 2.24) is 0 Å². The number of rotatable bonds is 3. The van der Waals surface area contributed by atoms with Gasteiger partial charge in [0.1, 0.15) is 5.94 Å². The Hall–Kier alpha value is -1.33. The van der Waals surface area contributed by atoms with Crippen LogP contribution in [0.5, 0.6) is 0 Å². The first-order chi connectivity index (χ1) is 5.86. The molecule has 0 saturated carbocycles. The standard InChI is InChI=1S/C11H12O/c1-2-10(9-12)8-11-6-4-3-5-7-11/h3-7H,2,8H2,1H3. The third kappa shape index (κ3) is 2.37. The Balaban J connectivity index is 2.70. The third-order valence-corrected chi connectivity index (χ3v) is 1.83. The first kappa shape index (κ1) is 8.76. The SMILES string of the molecule is CCC(=C=O)Cc1ccccc1. The van der Waals surface area contributed by atoms with Gasteiger partial charge in [0.15, 0.2) is 0 Å². The van der Waals surface area contributed by atoms with E-state index in [4.69, 9.17) is 0 Å². The molecule has 0 unspecified atom stereocenters. The van der Waals surface area contributed by atoms with Crippen LogP contribution in [-0.4, -0.2) is 5.94 Å². The van der Waals surface area contributed by atoms with E-state index >= 15 is 0 Å². The van der Waals surface area contributed by atoms with Gasteiger partial charge in [-0.2, -0.15) is 0 Å². The molecule has 0 heterocycles. The Morgan fingerprint density at radius 2 is 2.00 bits per heavy atom. The molecule has 1 heteroatoms. The van der Waals surface area contributed by atoms with Crippen molar-refractivity contribution in [3.63, 3.8) is 0 Å². The fraction of sp³-hybridized carbons (Fsp3) is 0.273. The van der Waals surface area contributed by atoms with Crippen molar-refractivity contribution < 1.29 is 4.79 Å². The van der Waals surface area contributed by atoms with E-state index in [1.807, 2.05) is 43.2 Å². The topological polar surface area (TPSA) is 17.1 Å². The molecule has 0 spiro atoms. The summed E-state index contributed by atoms with van der Waals surface area (Å²) in [5.41, 5.74) is 2.01. The Labute approximate surface area is 72.7 Å². The summed E-state index contributed by atoms with van der Waals surface area (Å²) in [4.78, 5) is 10.4. The van der Waals surface area contributed by atoms with Gasteiger partial charge in [-0.1, -0.05) is 37.3 Å². The molecule has 0 bridgehead atoms. The molecule has 0 radical (unpaired) electrons.